The summed E-state index contributed by atoms with van der Waals surface area (Å²) in [4.78, 5) is 17.4. The highest BCUT2D eigenvalue weighted by molar-refractivity contribution is 5.82. The second-order valence-corrected chi connectivity index (χ2v) is 7.94. The van der Waals surface area contributed by atoms with Gasteiger partial charge in [-0.2, -0.15) is 5.10 Å². The highest BCUT2D eigenvalue weighted by atomic mass is 16.1. The Balaban J connectivity index is 1.49. The standard InChI is InChI=1S/C26H28N4O/c1-18-23(17-24(31)27-16-10-13-21-11-6-4-7-12-21)20(3)30-26(28-18)25(19(2)29-30)22-14-8-5-9-15-22/h4-9,11-12,14-15H,10,13,16-17H2,1-3H3,(H,27,31). The number of carbonyl (C=O) groups is 1. The third-order valence-electron chi connectivity index (χ3n) is 5.71. The van der Waals surface area contributed by atoms with E-state index in [1.165, 1.54) is 5.56 Å². The third kappa shape index (κ3) is 4.50. The molecule has 2 aromatic carbocycles. The first-order chi connectivity index (χ1) is 15.0. The summed E-state index contributed by atoms with van der Waals surface area (Å²) in [6.45, 7) is 6.66. The lowest BCUT2D eigenvalue weighted by Gasteiger charge is -2.12. The van der Waals surface area contributed by atoms with E-state index in [2.05, 4.69) is 29.6 Å². The van der Waals surface area contributed by atoms with Crippen LogP contribution in [0.4, 0.5) is 0 Å². The lowest BCUT2D eigenvalue weighted by atomic mass is 10.1. The van der Waals surface area contributed by atoms with E-state index in [-0.39, 0.29) is 5.91 Å². The molecule has 0 unspecified atom stereocenters. The van der Waals surface area contributed by atoms with Crippen LogP contribution in [-0.2, 0) is 17.6 Å². The van der Waals surface area contributed by atoms with Crippen LogP contribution in [0.3, 0.4) is 0 Å². The zero-order valence-corrected chi connectivity index (χ0v) is 18.4. The molecule has 0 radical (unpaired) electrons. The van der Waals surface area contributed by atoms with Crippen molar-refractivity contribution in [2.45, 2.75) is 40.0 Å². The van der Waals surface area contributed by atoms with Crippen LogP contribution in [0, 0.1) is 20.8 Å². The Kier molecular flexibility index (Phi) is 6.12. The molecule has 2 heterocycles. The fraction of sp³-hybridized carbons (Fsp3) is 0.269. The predicted molar refractivity (Wildman–Crippen MR) is 124 cm³/mol. The number of aromatic nitrogens is 3. The molecule has 5 nitrogen and oxygen atoms in total. The van der Waals surface area contributed by atoms with E-state index >= 15 is 0 Å². The minimum atomic E-state index is 0.0209. The molecule has 5 heteroatoms. The molecule has 0 aliphatic carbocycles. The molecule has 1 N–H and O–H groups in total. The van der Waals surface area contributed by atoms with Crippen molar-refractivity contribution in [3.8, 4) is 11.1 Å². The SMILES string of the molecule is Cc1nc2c(-c3ccccc3)c(C)nn2c(C)c1CC(=O)NCCCc1ccccc1. The molecule has 0 aliphatic rings. The van der Waals surface area contributed by atoms with Crippen molar-refractivity contribution in [2.24, 2.45) is 0 Å². The zero-order valence-electron chi connectivity index (χ0n) is 18.4. The third-order valence-corrected chi connectivity index (χ3v) is 5.71. The van der Waals surface area contributed by atoms with Crippen LogP contribution in [0.2, 0.25) is 0 Å². The summed E-state index contributed by atoms with van der Waals surface area (Å²) in [5, 5.41) is 7.78. The summed E-state index contributed by atoms with van der Waals surface area (Å²) in [6, 6.07) is 20.5. The number of hydrogen-bond acceptors (Lipinski definition) is 3. The van der Waals surface area contributed by atoms with Crippen LogP contribution in [0.5, 0.6) is 0 Å². The minimum Gasteiger partial charge on any atom is -0.356 e. The molecule has 0 saturated heterocycles. The van der Waals surface area contributed by atoms with Gasteiger partial charge < -0.3 is 5.32 Å². The summed E-state index contributed by atoms with van der Waals surface area (Å²) >= 11 is 0. The summed E-state index contributed by atoms with van der Waals surface area (Å²) in [7, 11) is 0. The van der Waals surface area contributed by atoms with Crippen molar-refractivity contribution in [1.82, 2.24) is 19.9 Å². The van der Waals surface area contributed by atoms with Crippen LogP contribution in [0.15, 0.2) is 60.7 Å². The zero-order chi connectivity index (χ0) is 21.8. The summed E-state index contributed by atoms with van der Waals surface area (Å²) < 4.78 is 1.88. The average molecular weight is 413 g/mol. The van der Waals surface area contributed by atoms with Gasteiger partial charge in [-0.1, -0.05) is 60.7 Å². The maximum atomic E-state index is 12.6. The van der Waals surface area contributed by atoms with Crippen molar-refractivity contribution in [3.05, 3.63) is 88.9 Å². The van der Waals surface area contributed by atoms with Crippen molar-refractivity contribution < 1.29 is 4.79 Å². The van der Waals surface area contributed by atoms with E-state index in [1.54, 1.807) is 0 Å². The number of fused-ring (bicyclic) bond motifs is 1. The molecule has 31 heavy (non-hydrogen) atoms. The van der Waals surface area contributed by atoms with Crippen LogP contribution in [-0.4, -0.2) is 27.0 Å². The number of carbonyl (C=O) groups excluding carboxylic acids is 1. The van der Waals surface area contributed by atoms with Crippen LogP contribution < -0.4 is 5.32 Å². The quantitative estimate of drug-likeness (QED) is 0.451. The largest absolute Gasteiger partial charge is 0.356 e. The molecule has 0 spiro atoms. The Bertz CT molecular complexity index is 1200. The van der Waals surface area contributed by atoms with Gasteiger partial charge in [-0.25, -0.2) is 9.50 Å². The predicted octanol–water partition coefficient (Wildman–Crippen LogP) is 4.61. The highest BCUT2D eigenvalue weighted by Crippen LogP contribution is 2.29. The van der Waals surface area contributed by atoms with Gasteiger partial charge in [0.15, 0.2) is 5.65 Å². The lowest BCUT2D eigenvalue weighted by molar-refractivity contribution is -0.120. The number of nitrogens with zero attached hydrogens (tertiary/aromatic N) is 3. The van der Waals surface area contributed by atoms with Crippen molar-refractivity contribution in [3.63, 3.8) is 0 Å². The normalized spacial score (nSPS) is 11.1. The van der Waals surface area contributed by atoms with Crippen molar-refractivity contribution in [2.75, 3.05) is 6.54 Å². The Morgan fingerprint density at radius 3 is 2.32 bits per heavy atom. The molecular formula is C26H28N4O. The van der Waals surface area contributed by atoms with Gasteiger partial charge in [-0.3, -0.25) is 4.79 Å². The minimum absolute atomic E-state index is 0.0209. The Morgan fingerprint density at radius 1 is 0.935 bits per heavy atom. The van der Waals surface area contributed by atoms with Crippen molar-refractivity contribution in [1.29, 1.82) is 0 Å². The van der Waals surface area contributed by atoms with E-state index in [4.69, 9.17) is 10.1 Å². The maximum Gasteiger partial charge on any atom is 0.224 e. The molecule has 158 valence electrons. The van der Waals surface area contributed by atoms with Gasteiger partial charge in [0, 0.05) is 29.1 Å². The lowest BCUT2D eigenvalue weighted by Crippen LogP contribution is -2.27. The van der Waals surface area contributed by atoms with E-state index in [0.29, 0.717) is 13.0 Å². The number of nitrogens with one attached hydrogen (secondary N) is 1. The number of amides is 1. The van der Waals surface area contributed by atoms with Gasteiger partial charge in [0.1, 0.15) is 0 Å². The molecule has 0 bridgehead atoms. The molecule has 0 aliphatic heterocycles. The number of benzene rings is 2. The van der Waals surface area contributed by atoms with Crippen LogP contribution >= 0.6 is 0 Å². The molecular weight excluding hydrogens is 384 g/mol. The molecule has 0 atom stereocenters. The summed E-state index contributed by atoms with van der Waals surface area (Å²) in [5.41, 5.74) is 7.99. The van der Waals surface area contributed by atoms with Crippen molar-refractivity contribution >= 4 is 11.6 Å². The highest BCUT2D eigenvalue weighted by Gasteiger charge is 2.19. The molecule has 2 aromatic heterocycles. The summed E-state index contributed by atoms with van der Waals surface area (Å²) in [6.07, 6.45) is 2.19. The molecule has 1 amide bonds. The number of aryl methyl sites for hydroxylation is 4. The van der Waals surface area contributed by atoms with Gasteiger partial charge in [0.25, 0.3) is 0 Å². The first-order valence-electron chi connectivity index (χ1n) is 10.8. The summed E-state index contributed by atoms with van der Waals surface area (Å²) in [5.74, 6) is 0.0209. The van der Waals surface area contributed by atoms with E-state index in [1.807, 2.05) is 61.7 Å². The van der Waals surface area contributed by atoms with Gasteiger partial charge in [0.05, 0.1) is 12.1 Å². The molecule has 0 fully saturated rings. The van der Waals surface area contributed by atoms with Gasteiger partial charge >= 0.3 is 0 Å². The second-order valence-electron chi connectivity index (χ2n) is 7.94. The fourth-order valence-electron chi connectivity index (χ4n) is 4.05. The Labute approximate surface area is 183 Å². The van der Waals surface area contributed by atoms with Gasteiger partial charge in [-0.05, 0) is 44.7 Å². The van der Waals surface area contributed by atoms with Crippen LogP contribution in [0.1, 0.15) is 34.6 Å². The first-order valence-corrected chi connectivity index (χ1v) is 10.8. The van der Waals surface area contributed by atoms with Crippen LogP contribution in [0.25, 0.3) is 16.8 Å². The first kappa shape index (κ1) is 20.8. The number of hydrogen-bond donors (Lipinski definition) is 1. The van der Waals surface area contributed by atoms with Gasteiger partial charge in [-0.15, -0.1) is 0 Å². The average Bonchev–Trinajstić information content (AvgIpc) is 3.11. The Morgan fingerprint density at radius 2 is 1.61 bits per heavy atom. The molecule has 4 rings (SSSR count). The van der Waals surface area contributed by atoms with E-state index < -0.39 is 0 Å². The fourth-order valence-corrected chi connectivity index (χ4v) is 4.05. The second kappa shape index (κ2) is 9.13. The maximum absolute atomic E-state index is 12.6. The van der Waals surface area contributed by atoms with Gasteiger partial charge in [0.2, 0.25) is 5.91 Å². The molecule has 4 aromatic rings. The Hall–Kier alpha value is -3.47. The van der Waals surface area contributed by atoms with E-state index in [9.17, 15) is 4.79 Å². The smallest absolute Gasteiger partial charge is 0.224 e. The number of rotatable bonds is 7. The topological polar surface area (TPSA) is 59.3 Å². The molecule has 0 saturated carbocycles. The van der Waals surface area contributed by atoms with E-state index in [0.717, 1.165) is 52.3 Å². The monoisotopic (exact) mass is 412 g/mol.